The van der Waals surface area contributed by atoms with Crippen LogP contribution in [0.5, 0.6) is 5.75 Å². The van der Waals surface area contributed by atoms with Gasteiger partial charge in [0.05, 0.1) is 11.1 Å². The summed E-state index contributed by atoms with van der Waals surface area (Å²) in [5.41, 5.74) is -1.60. The van der Waals surface area contributed by atoms with Crippen LogP contribution in [0.15, 0.2) is 42.5 Å². The van der Waals surface area contributed by atoms with Gasteiger partial charge < -0.3 is 20.2 Å². The van der Waals surface area contributed by atoms with Crippen LogP contribution in [0.2, 0.25) is 0 Å². The number of piperazine rings is 1. The monoisotopic (exact) mass is 638 g/mol. The second-order valence-corrected chi connectivity index (χ2v) is 8.87. The Balaban J connectivity index is 0.000000378. The van der Waals surface area contributed by atoms with E-state index in [1.54, 1.807) is 29.2 Å². The maximum Gasteiger partial charge on any atom is 0.416 e. The number of halogens is 6. The molecule has 215 valence electrons. The van der Waals surface area contributed by atoms with Gasteiger partial charge in [-0.15, -0.1) is 13.1 Å². The Bertz CT molecular complexity index is 1030. The molecule has 0 amide bonds. The summed E-state index contributed by atoms with van der Waals surface area (Å²) in [6.07, 6.45) is -4.34. The number of hydrogen-bond acceptors (Lipinski definition) is 4. The Hall–Kier alpha value is -1.73. The number of aryl methyl sites for hydroxylation is 1. The van der Waals surface area contributed by atoms with Crippen molar-refractivity contribution in [3.63, 3.8) is 0 Å². The zero-order valence-electron chi connectivity index (χ0n) is 21.4. The SMILES string of the molecule is C1CC1.CC(c1cc(C(F)(F)F)ccc1C(F)(F)F)N1CC[N-]CC1.O=C(O)CCc1cccc(OO)c1.[Y]. The fourth-order valence-electron chi connectivity index (χ4n) is 3.56. The van der Waals surface area contributed by atoms with Crippen molar-refractivity contribution in [2.75, 3.05) is 26.2 Å². The first-order chi connectivity index (χ1) is 17.8. The van der Waals surface area contributed by atoms with Gasteiger partial charge in [-0.05, 0) is 67.9 Å². The fraction of sp³-hybridized carbons (Fsp3) is 0.500. The first kappa shape index (κ1) is 35.3. The molecule has 1 unspecified atom stereocenters. The minimum Gasteiger partial charge on any atom is -0.660 e. The van der Waals surface area contributed by atoms with Crippen molar-refractivity contribution < 1.29 is 79.1 Å². The van der Waals surface area contributed by atoms with Crippen LogP contribution in [0.4, 0.5) is 26.3 Å². The molecule has 2 aromatic carbocycles. The molecular weight excluding hydrogens is 607 g/mol. The number of aliphatic carboxylic acids is 1. The summed E-state index contributed by atoms with van der Waals surface area (Å²) in [6.45, 7) is 3.33. The summed E-state index contributed by atoms with van der Waals surface area (Å²) in [6, 6.07) is 7.52. The molecule has 1 radical (unpaired) electrons. The molecule has 2 N–H and O–H groups in total. The van der Waals surface area contributed by atoms with Gasteiger partial charge in [0.2, 0.25) is 0 Å². The molecule has 0 spiro atoms. The maximum absolute atomic E-state index is 13.1. The second-order valence-electron chi connectivity index (χ2n) is 8.87. The summed E-state index contributed by atoms with van der Waals surface area (Å²) in [7, 11) is 0. The van der Waals surface area contributed by atoms with E-state index in [4.69, 9.17) is 10.4 Å². The van der Waals surface area contributed by atoms with Crippen LogP contribution in [0, 0.1) is 0 Å². The van der Waals surface area contributed by atoms with Crippen LogP contribution in [0.25, 0.3) is 5.32 Å². The topological polar surface area (TPSA) is 84.1 Å². The number of alkyl halides is 6. The third-order valence-electron chi connectivity index (χ3n) is 5.76. The molecule has 2 aromatic rings. The quantitative estimate of drug-likeness (QED) is 0.199. The van der Waals surface area contributed by atoms with Crippen LogP contribution >= 0.6 is 0 Å². The number of carbonyl (C=O) groups is 1. The number of carboxylic acids is 1. The summed E-state index contributed by atoms with van der Waals surface area (Å²) in [4.78, 5) is 16.0. The van der Waals surface area contributed by atoms with E-state index in [1.165, 1.54) is 26.2 Å². The van der Waals surface area contributed by atoms with Gasteiger partial charge in [0.1, 0.15) is 0 Å². The molecule has 39 heavy (non-hydrogen) atoms. The van der Waals surface area contributed by atoms with E-state index >= 15 is 0 Å². The predicted octanol–water partition coefficient (Wildman–Crippen LogP) is 7.20. The first-order valence-corrected chi connectivity index (χ1v) is 12.1. The van der Waals surface area contributed by atoms with Gasteiger partial charge in [-0.1, -0.05) is 31.4 Å². The van der Waals surface area contributed by atoms with Crippen molar-refractivity contribution in [1.29, 1.82) is 0 Å². The van der Waals surface area contributed by atoms with Crippen LogP contribution < -0.4 is 4.89 Å². The number of hydrogen-bond donors (Lipinski definition) is 2. The predicted molar refractivity (Wildman–Crippen MR) is 129 cm³/mol. The third kappa shape index (κ3) is 13.0. The molecule has 6 nitrogen and oxygen atoms in total. The van der Waals surface area contributed by atoms with E-state index in [2.05, 4.69) is 10.2 Å². The molecule has 1 aliphatic heterocycles. The molecule has 1 saturated carbocycles. The van der Waals surface area contributed by atoms with E-state index in [1.807, 2.05) is 0 Å². The minimum atomic E-state index is -4.69. The average molecular weight is 638 g/mol. The molecule has 2 aliphatic rings. The van der Waals surface area contributed by atoms with Gasteiger partial charge in [0.15, 0.2) is 5.75 Å². The number of benzene rings is 2. The molecule has 1 atom stereocenters. The summed E-state index contributed by atoms with van der Waals surface area (Å²) in [5.74, 6) is -0.516. The number of nitrogens with zero attached hydrogens (tertiary/aromatic N) is 2. The third-order valence-corrected chi connectivity index (χ3v) is 5.76. The van der Waals surface area contributed by atoms with Gasteiger partial charge in [0.25, 0.3) is 0 Å². The van der Waals surface area contributed by atoms with Crippen molar-refractivity contribution in [1.82, 2.24) is 4.90 Å². The summed E-state index contributed by atoms with van der Waals surface area (Å²) >= 11 is 0. The van der Waals surface area contributed by atoms with Gasteiger partial charge in [-0.3, -0.25) is 4.79 Å². The van der Waals surface area contributed by atoms with E-state index in [9.17, 15) is 31.1 Å². The molecule has 13 heteroatoms. The largest absolute Gasteiger partial charge is 0.660 e. The number of rotatable bonds is 6. The van der Waals surface area contributed by atoms with E-state index in [-0.39, 0.29) is 44.7 Å². The molecule has 2 fully saturated rings. The van der Waals surface area contributed by atoms with Gasteiger partial charge >= 0.3 is 18.3 Å². The fourth-order valence-corrected chi connectivity index (χ4v) is 3.56. The molecule has 4 rings (SSSR count). The Morgan fingerprint density at radius 1 is 1.00 bits per heavy atom. The zero-order valence-corrected chi connectivity index (χ0v) is 24.3. The molecule has 1 aliphatic carbocycles. The number of carboxylic acid groups (broad SMARTS) is 1. The van der Waals surface area contributed by atoms with Crippen LogP contribution in [0.1, 0.15) is 60.9 Å². The van der Waals surface area contributed by atoms with Crippen molar-refractivity contribution in [2.45, 2.75) is 57.4 Å². The average Bonchev–Trinajstić information content (AvgIpc) is 3.76. The van der Waals surface area contributed by atoms with Crippen LogP contribution in [-0.2, 0) is 56.3 Å². The van der Waals surface area contributed by atoms with Gasteiger partial charge in [0, 0.05) is 45.2 Å². The second kappa shape index (κ2) is 16.5. The van der Waals surface area contributed by atoms with Crippen molar-refractivity contribution in [2.24, 2.45) is 0 Å². The molecule has 1 heterocycles. The molecule has 1 saturated heterocycles. The summed E-state index contributed by atoms with van der Waals surface area (Å²) in [5, 5.41) is 20.8. The van der Waals surface area contributed by atoms with E-state index in [0.717, 1.165) is 5.56 Å². The normalized spacial score (nSPS) is 15.9. The van der Waals surface area contributed by atoms with Crippen LogP contribution in [-0.4, -0.2) is 47.4 Å². The molecule has 0 aromatic heterocycles. The van der Waals surface area contributed by atoms with Gasteiger partial charge in [-0.2, -0.15) is 26.3 Å². The van der Waals surface area contributed by atoms with E-state index < -0.39 is 35.5 Å². The minimum absolute atomic E-state index is 0. The molecule has 0 bridgehead atoms. The summed E-state index contributed by atoms with van der Waals surface area (Å²) < 4.78 is 77.6. The Morgan fingerprint density at radius 2 is 1.62 bits per heavy atom. The first-order valence-electron chi connectivity index (χ1n) is 12.1. The zero-order chi connectivity index (χ0) is 28.3. The van der Waals surface area contributed by atoms with Crippen molar-refractivity contribution in [3.05, 3.63) is 70.0 Å². The smallest absolute Gasteiger partial charge is 0.416 e. The van der Waals surface area contributed by atoms with Gasteiger partial charge in [-0.25, -0.2) is 5.26 Å². The Labute approximate surface area is 248 Å². The van der Waals surface area contributed by atoms with Crippen molar-refractivity contribution >= 4 is 5.97 Å². The van der Waals surface area contributed by atoms with E-state index in [0.29, 0.717) is 56.5 Å². The Morgan fingerprint density at radius 3 is 2.10 bits per heavy atom. The standard InChI is InChI=1S/C14H15F6N2.C9H10O4.C3H6.Y/c1-9(22-6-4-21-5-7-22)11-8-10(13(15,16)17)2-3-12(11)14(18,19)20;10-9(11)5-4-7-2-1-3-8(6-7)13-12;1-2-3-1;/h2-3,8-9H,4-7H2,1H3;1-3,6,12H,4-5H2,(H,10,11);1-3H2;/q-1;;;. The van der Waals surface area contributed by atoms with Crippen molar-refractivity contribution in [3.8, 4) is 5.75 Å². The maximum atomic E-state index is 13.1. The van der Waals surface area contributed by atoms with Crippen LogP contribution in [0.3, 0.4) is 0 Å². The molecular formula is C26H31F6N2O4Y-. The Kier molecular flexibility index (Phi) is 15.0.